The zero-order valence-electron chi connectivity index (χ0n) is 45.7. The van der Waals surface area contributed by atoms with Crippen molar-refractivity contribution in [3.63, 3.8) is 0 Å². The van der Waals surface area contributed by atoms with E-state index in [1.165, 1.54) is 77.5 Å². The van der Waals surface area contributed by atoms with Gasteiger partial charge in [-0.15, -0.1) is 0 Å². The molecule has 2 atom stereocenters. The number of carbonyl (C=O) groups is 7. The van der Waals surface area contributed by atoms with E-state index in [2.05, 4.69) is 25.9 Å². The van der Waals surface area contributed by atoms with Crippen LogP contribution >= 0.6 is 0 Å². The number of nitrogens with one attached hydrogen (secondary N) is 4. The molecule has 0 aromatic carbocycles. The van der Waals surface area contributed by atoms with Gasteiger partial charge in [0.1, 0.15) is 31.4 Å². The van der Waals surface area contributed by atoms with Crippen LogP contribution in [0.1, 0.15) is 174 Å². The Morgan fingerprint density at radius 3 is 1.59 bits per heavy atom. The molecule has 1 aromatic rings. The number of imidazole rings is 1. The smallest absolute Gasteiger partial charge is 0.303 e. The molecule has 0 aliphatic heterocycles. The number of aromatic nitrogens is 2. The number of ether oxygens (including phenoxy) is 6. The maximum atomic E-state index is 12.3. The van der Waals surface area contributed by atoms with Gasteiger partial charge in [0.2, 0.25) is 11.8 Å². The average molecular weight is 1060 g/mol. The van der Waals surface area contributed by atoms with E-state index >= 15 is 0 Å². The van der Waals surface area contributed by atoms with Crippen LogP contribution in [0.2, 0.25) is 0 Å². The van der Waals surface area contributed by atoms with Gasteiger partial charge >= 0.3 is 5.97 Å². The van der Waals surface area contributed by atoms with Crippen molar-refractivity contribution in [3.05, 3.63) is 18.2 Å². The molecule has 0 radical (unpaired) electrons. The van der Waals surface area contributed by atoms with E-state index in [4.69, 9.17) is 39.3 Å². The number of carboxylic acids is 1. The number of carbonyl (C=O) groups excluding carboxylic acids is 6. The third kappa shape index (κ3) is 48.9. The SMILES string of the molecule is CCCOCCOCC(=O)CCCOCCOCC(=O)NCCCC[C@H](NCC(=O)[C@@H](N)Cc1cnc[nH]1)C(C)=O.CNC(=O)COCCOCCCC(=O)CCCCCCCCCCCCCCCCC(=O)O. The number of rotatable bonds is 54. The third-order valence-corrected chi connectivity index (χ3v) is 11.7. The molecular formula is C54H98N6O14. The number of hydrogen-bond donors (Lipinski definition) is 6. The maximum Gasteiger partial charge on any atom is 0.303 e. The predicted molar refractivity (Wildman–Crippen MR) is 284 cm³/mol. The summed E-state index contributed by atoms with van der Waals surface area (Å²) in [7, 11) is 1.57. The number of likely N-dealkylation sites (N-methyl/N-ethyl adjacent to an activating group) is 1. The lowest BCUT2D eigenvalue weighted by Gasteiger charge is -2.17. The molecule has 1 heterocycles. The number of nitrogens with two attached hydrogens (primary N) is 1. The molecule has 0 bridgehead atoms. The number of nitrogens with zero attached hydrogens (tertiary/aromatic N) is 1. The molecular weight excluding hydrogens is 957 g/mol. The van der Waals surface area contributed by atoms with Crippen LogP contribution in [0.4, 0.5) is 0 Å². The summed E-state index contributed by atoms with van der Waals surface area (Å²) in [5.74, 6) is -0.924. The fourth-order valence-electron chi connectivity index (χ4n) is 7.35. The van der Waals surface area contributed by atoms with Crippen molar-refractivity contribution in [3.8, 4) is 0 Å². The lowest BCUT2D eigenvalue weighted by Crippen LogP contribution is -2.44. The van der Waals surface area contributed by atoms with Gasteiger partial charge in [-0.25, -0.2) is 4.98 Å². The minimum Gasteiger partial charge on any atom is -0.481 e. The monoisotopic (exact) mass is 1050 g/mol. The normalized spacial score (nSPS) is 11.9. The highest BCUT2D eigenvalue weighted by Gasteiger charge is 2.19. The van der Waals surface area contributed by atoms with Gasteiger partial charge in [-0.2, -0.15) is 0 Å². The van der Waals surface area contributed by atoms with Gasteiger partial charge in [0.25, 0.3) is 0 Å². The molecule has 428 valence electrons. The van der Waals surface area contributed by atoms with E-state index in [-0.39, 0.29) is 62.1 Å². The first-order valence-corrected chi connectivity index (χ1v) is 27.6. The van der Waals surface area contributed by atoms with Crippen LogP contribution in [0.25, 0.3) is 0 Å². The molecule has 2 amide bonds. The molecule has 7 N–H and O–H groups in total. The Kier molecular flexibility index (Phi) is 49.6. The summed E-state index contributed by atoms with van der Waals surface area (Å²) in [4.78, 5) is 88.0. The van der Waals surface area contributed by atoms with Crippen molar-refractivity contribution >= 4 is 40.9 Å². The largest absolute Gasteiger partial charge is 0.481 e. The molecule has 1 rings (SSSR count). The Bertz CT molecular complexity index is 1550. The van der Waals surface area contributed by atoms with Crippen LogP contribution in [0.5, 0.6) is 0 Å². The van der Waals surface area contributed by atoms with Crippen molar-refractivity contribution in [2.75, 3.05) is 99.4 Å². The molecule has 0 fully saturated rings. The number of ketones is 4. The molecule has 1 aromatic heterocycles. The van der Waals surface area contributed by atoms with Crippen LogP contribution in [0.3, 0.4) is 0 Å². The van der Waals surface area contributed by atoms with E-state index in [9.17, 15) is 33.6 Å². The first kappa shape index (κ1) is 70.0. The van der Waals surface area contributed by atoms with Crippen LogP contribution in [-0.4, -0.2) is 167 Å². The fraction of sp³-hybridized carbons (Fsp3) is 0.815. The first-order chi connectivity index (χ1) is 35.9. The van der Waals surface area contributed by atoms with Crippen LogP contribution in [0.15, 0.2) is 12.5 Å². The third-order valence-electron chi connectivity index (χ3n) is 11.7. The van der Waals surface area contributed by atoms with Crippen molar-refractivity contribution in [1.82, 2.24) is 25.9 Å². The van der Waals surface area contributed by atoms with Gasteiger partial charge in [0, 0.05) is 77.4 Å². The lowest BCUT2D eigenvalue weighted by molar-refractivity contribution is -0.137. The topological polar surface area (TPSA) is 286 Å². The molecule has 20 heteroatoms. The minimum absolute atomic E-state index is 0.0138. The van der Waals surface area contributed by atoms with Gasteiger partial charge in [0.05, 0.1) is 64.6 Å². The number of aromatic amines is 1. The summed E-state index contributed by atoms with van der Waals surface area (Å²) in [6, 6.07) is -1.12. The Hall–Kier alpha value is -4.02. The van der Waals surface area contributed by atoms with Crippen LogP contribution < -0.4 is 21.7 Å². The molecule has 0 saturated carbocycles. The molecule has 0 unspecified atom stereocenters. The highest BCUT2D eigenvalue weighted by molar-refractivity contribution is 5.87. The predicted octanol–water partition coefficient (Wildman–Crippen LogP) is 5.95. The molecule has 0 spiro atoms. The number of unbranched alkanes of at least 4 members (excludes halogenated alkanes) is 14. The second-order valence-corrected chi connectivity index (χ2v) is 18.5. The summed E-state index contributed by atoms with van der Waals surface area (Å²) in [6.07, 6.45) is 26.5. The van der Waals surface area contributed by atoms with Crippen LogP contribution in [-0.2, 0) is 68.4 Å². The maximum absolute atomic E-state index is 12.3. The van der Waals surface area contributed by atoms with Crippen LogP contribution in [0, 0.1) is 0 Å². The standard InChI is InChI=1S/C28H49N5O8.C26H49NO6/c1-3-10-38-12-14-40-19-24(35)7-6-11-39-13-15-41-20-28(37)31-9-5-4-8-26(22(2)34)32-18-27(36)25(29)16-23-17-30-21-33-23;1-27-25(29)23-33-22-21-32-20-16-18-24(28)17-14-12-10-8-6-4-2-3-5-7-9-11-13-15-19-26(30)31/h17,21,25-26,32H,3-16,18-20,29H2,1-2H3,(H,30,33)(H,31,37);2-23H2,1H3,(H,27,29)(H,30,31)/t25-,26-;/m0./s1. The number of hydrogen-bond acceptors (Lipinski definition) is 16. The van der Waals surface area contributed by atoms with E-state index < -0.39 is 18.1 Å². The summed E-state index contributed by atoms with van der Waals surface area (Å²) < 4.78 is 31.8. The summed E-state index contributed by atoms with van der Waals surface area (Å²) in [6.45, 7) is 8.11. The molecule has 20 nitrogen and oxygen atoms in total. The summed E-state index contributed by atoms with van der Waals surface area (Å²) >= 11 is 0. The van der Waals surface area contributed by atoms with E-state index in [0.717, 1.165) is 44.2 Å². The van der Waals surface area contributed by atoms with Gasteiger partial charge < -0.3 is 60.2 Å². The van der Waals surface area contributed by atoms with Gasteiger partial charge in [0.15, 0.2) is 11.6 Å². The van der Waals surface area contributed by atoms with Crippen molar-refractivity contribution in [2.24, 2.45) is 5.73 Å². The number of amides is 2. The quantitative estimate of drug-likeness (QED) is 0.0411. The molecule has 0 aliphatic carbocycles. The highest BCUT2D eigenvalue weighted by atomic mass is 16.5. The van der Waals surface area contributed by atoms with E-state index in [1.807, 2.05) is 6.92 Å². The second-order valence-electron chi connectivity index (χ2n) is 18.5. The van der Waals surface area contributed by atoms with Gasteiger partial charge in [-0.3, -0.25) is 33.6 Å². The highest BCUT2D eigenvalue weighted by Crippen LogP contribution is 2.14. The minimum atomic E-state index is -0.680. The van der Waals surface area contributed by atoms with E-state index in [0.29, 0.717) is 123 Å². The molecule has 0 saturated heterocycles. The zero-order chi connectivity index (χ0) is 54.5. The fourth-order valence-corrected chi connectivity index (χ4v) is 7.35. The first-order valence-electron chi connectivity index (χ1n) is 27.6. The van der Waals surface area contributed by atoms with Crippen molar-refractivity contribution in [2.45, 2.75) is 186 Å². The lowest BCUT2D eigenvalue weighted by atomic mass is 10.0. The summed E-state index contributed by atoms with van der Waals surface area (Å²) in [5.41, 5.74) is 6.73. The number of H-pyrrole nitrogens is 1. The van der Waals surface area contributed by atoms with Gasteiger partial charge in [-0.1, -0.05) is 84.0 Å². The Morgan fingerprint density at radius 2 is 1.08 bits per heavy atom. The Balaban J connectivity index is 0.00000148. The Labute approximate surface area is 442 Å². The second kappa shape index (κ2) is 52.4. The average Bonchev–Trinajstić information content (AvgIpc) is 3.90. The molecule has 74 heavy (non-hydrogen) atoms. The molecule has 0 aliphatic rings. The van der Waals surface area contributed by atoms with Gasteiger partial charge in [-0.05, 0) is 58.3 Å². The number of aliphatic carboxylic acids is 1. The van der Waals surface area contributed by atoms with E-state index in [1.54, 1.807) is 13.2 Å². The number of carboxylic acid groups (broad SMARTS) is 1. The Morgan fingerprint density at radius 1 is 0.595 bits per heavy atom. The number of Topliss-reactive ketones (excluding diaryl/α,β-unsaturated/α-hetero) is 4. The zero-order valence-corrected chi connectivity index (χ0v) is 45.7. The van der Waals surface area contributed by atoms with Crippen molar-refractivity contribution < 1.29 is 67.1 Å². The van der Waals surface area contributed by atoms with Crippen molar-refractivity contribution in [1.29, 1.82) is 0 Å². The summed E-state index contributed by atoms with van der Waals surface area (Å²) in [5, 5.41) is 16.9.